The fourth-order valence-corrected chi connectivity index (χ4v) is 3.78. The summed E-state index contributed by atoms with van der Waals surface area (Å²) in [6.07, 6.45) is 2.24. The highest BCUT2D eigenvalue weighted by atomic mass is 32.1. The van der Waals surface area contributed by atoms with E-state index >= 15 is 0 Å². The van der Waals surface area contributed by atoms with Crippen LogP contribution in [0.15, 0.2) is 46.9 Å². The summed E-state index contributed by atoms with van der Waals surface area (Å²) in [4.78, 5) is 16.9. The molecule has 1 aliphatic rings. The van der Waals surface area contributed by atoms with Crippen molar-refractivity contribution in [2.45, 2.75) is 13.3 Å². The lowest BCUT2D eigenvalue weighted by Crippen LogP contribution is -3.15. The first-order valence-corrected chi connectivity index (χ1v) is 9.60. The molecule has 25 heavy (non-hydrogen) atoms. The Morgan fingerprint density at radius 3 is 2.72 bits per heavy atom. The van der Waals surface area contributed by atoms with E-state index in [1.54, 1.807) is 17.6 Å². The number of aryl methyl sites for hydroxylation is 1. The maximum atomic E-state index is 11.9. The number of thiophene rings is 1. The fourth-order valence-electron chi connectivity index (χ4n) is 3.00. The number of nitrogens with one attached hydrogen (secondary N) is 2. The van der Waals surface area contributed by atoms with Crippen LogP contribution in [0.5, 0.6) is 0 Å². The highest BCUT2D eigenvalue weighted by molar-refractivity contribution is 7.11. The van der Waals surface area contributed by atoms with Gasteiger partial charge in [-0.15, -0.1) is 11.3 Å². The molecule has 0 radical (unpaired) electrons. The van der Waals surface area contributed by atoms with Crippen LogP contribution in [0.2, 0.25) is 0 Å². The fraction of sp³-hybridized carbons (Fsp3) is 0.368. The first-order chi connectivity index (χ1) is 12.2. The maximum absolute atomic E-state index is 11.9. The summed E-state index contributed by atoms with van der Waals surface area (Å²) in [5.74, 6) is -0.0107. The predicted octanol–water partition coefficient (Wildman–Crippen LogP) is 1.30. The van der Waals surface area contributed by atoms with Gasteiger partial charge in [0.25, 0.3) is 0 Å². The number of carbonyl (C=O) groups excluding carboxylic acids is 1. The highest BCUT2D eigenvalue weighted by Gasteiger charge is 2.20. The second-order valence-corrected chi connectivity index (χ2v) is 7.28. The second-order valence-electron chi connectivity index (χ2n) is 6.33. The average Bonchev–Trinajstić information content (AvgIpc) is 3.06. The van der Waals surface area contributed by atoms with Crippen molar-refractivity contribution in [3.8, 4) is 0 Å². The lowest BCUT2D eigenvalue weighted by molar-refractivity contribution is -0.900. The molecule has 6 heteroatoms. The summed E-state index contributed by atoms with van der Waals surface area (Å²) >= 11 is 1.63. The molecule has 132 valence electrons. The molecule has 0 saturated carbocycles. The van der Waals surface area contributed by atoms with Crippen LogP contribution in [0, 0.1) is 6.92 Å². The second kappa shape index (κ2) is 8.78. The number of quaternary nitrogens is 1. The van der Waals surface area contributed by atoms with Crippen LogP contribution in [0.3, 0.4) is 0 Å². The third kappa shape index (κ3) is 5.14. The van der Waals surface area contributed by atoms with Gasteiger partial charge in [-0.2, -0.15) is 5.10 Å². The van der Waals surface area contributed by atoms with Crippen LogP contribution < -0.4 is 15.2 Å². The summed E-state index contributed by atoms with van der Waals surface area (Å²) in [6, 6.07) is 12.6. The van der Waals surface area contributed by atoms with Gasteiger partial charge in [0, 0.05) is 10.6 Å². The molecule has 1 aromatic heterocycles. The maximum Gasteiger partial charge on any atom is 0.245 e. The Labute approximate surface area is 153 Å². The van der Waals surface area contributed by atoms with Crippen molar-refractivity contribution < 1.29 is 9.69 Å². The van der Waals surface area contributed by atoms with Gasteiger partial charge in [-0.3, -0.25) is 4.79 Å². The zero-order chi connectivity index (χ0) is 17.5. The van der Waals surface area contributed by atoms with E-state index in [1.807, 2.05) is 24.4 Å². The number of nitrogens with zero attached hydrogens (tertiary/aromatic N) is 2. The third-order valence-corrected chi connectivity index (χ3v) is 5.52. The summed E-state index contributed by atoms with van der Waals surface area (Å²) < 4.78 is 0. The Bertz CT molecular complexity index is 705. The quantitative estimate of drug-likeness (QED) is 0.605. The lowest BCUT2D eigenvalue weighted by atomic mass is 10.2. The van der Waals surface area contributed by atoms with Crippen LogP contribution in [0.1, 0.15) is 16.9 Å². The number of anilines is 1. The van der Waals surface area contributed by atoms with Gasteiger partial charge < -0.3 is 9.80 Å². The highest BCUT2D eigenvalue weighted by Crippen LogP contribution is 2.13. The van der Waals surface area contributed by atoms with Crippen molar-refractivity contribution in [3.05, 3.63) is 52.2 Å². The van der Waals surface area contributed by atoms with Gasteiger partial charge >= 0.3 is 0 Å². The Morgan fingerprint density at radius 2 is 2.04 bits per heavy atom. The van der Waals surface area contributed by atoms with Gasteiger partial charge in [-0.1, -0.05) is 18.2 Å². The van der Waals surface area contributed by atoms with Crippen LogP contribution >= 0.6 is 11.3 Å². The number of piperazine rings is 1. The summed E-state index contributed by atoms with van der Waals surface area (Å²) in [6.45, 7) is 7.12. The average molecular weight is 358 g/mol. The Hall–Kier alpha value is -2.18. The number of hydrogen-bond acceptors (Lipinski definition) is 4. The van der Waals surface area contributed by atoms with E-state index in [-0.39, 0.29) is 5.91 Å². The Kier molecular flexibility index (Phi) is 6.19. The van der Waals surface area contributed by atoms with E-state index in [1.165, 1.54) is 16.2 Å². The molecule has 0 unspecified atom stereocenters. The predicted molar refractivity (Wildman–Crippen MR) is 104 cm³/mol. The van der Waals surface area contributed by atoms with E-state index in [0.29, 0.717) is 6.42 Å². The Balaban J connectivity index is 1.36. The third-order valence-electron chi connectivity index (χ3n) is 4.57. The number of rotatable bonds is 6. The lowest BCUT2D eigenvalue weighted by Gasteiger charge is -2.33. The van der Waals surface area contributed by atoms with Crippen LogP contribution in [-0.4, -0.2) is 44.8 Å². The molecule has 0 atom stereocenters. The van der Waals surface area contributed by atoms with E-state index < -0.39 is 0 Å². The summed E-state index contributed by atoms with van der Waals surface area (Å²) in [5.41, 5.74) is 5.11. The van der Waals surface area contributed by atoms with Gasteiger partial charge in [0.05, 0.1) is 45.4 Å². The molecular formula is C19H25N4OS+. The topological polar surface area (TPSA) is 49.1 Å². The minimum Gasteiger partial charge on any atom is -0.360 e. The van der Waals surface area contributed by atoms with Gasteiger partial charge in [0.15, 0.2) is 0 Å². The molecule has 1 fully saturated rings. The molecule has 1 aromatic carbocycles. The van der Waals surface area contributed by atoms with Crippen LogP contribution in [-0.2, 0) is 4.79 Å². The number of hydrazone groups is 1. The minimum absolute atomic E-state index is 0.0107. The molecule has 1 amide bonds. The van der Waals surface area contributed by atoms with Gasteiger partial charge in [-0.25, -0.2) is 5.43 Å². The minimum atomic E-state index is -0.0107. The van der Waals surface area contributed by atoms with Gasteiger partial charge in [0.1, 0.15) is 0 Å². The van der Waals surface area contributed by atoms with Crippen molar-refractivity contribution in [3.63, 3.8) is 0 Å². The van der Waals surface area contributed by atoms with Crippen LogP contribution in [0.4, 0.5) is 5.69 Å². The summed E-state index contributed by atoms with van der Waals surface area (Å²) in [5, 5.41) is 6.08. The first kappa shape index (κ1) is 17.6. The molecule has 0 bridgehead atoms. The summed E-state index contributed by atoms with van der Waals surface area (Å²) in [7, 11) is 0. The molecule has 1 aliphatic heterocycles. The largest absolute Gasteiger partial charge is 0.360 e. The van der Waals surface area contributed by atoms with E-state index in [4.69, 9.17) is 0 Å². The van der Waals surface area contributed by atoms with Crippen LogP contribution in [0.25, 0.3) is 0 Å². The number of benzene rings is 1. The number of hydrogen-bond donors (Lipinski definition) is 2. The van der Waals surface area contributed by atoms with Gasteiger partial charge in [-0.05, 0) is 36.1 Å². The zero-order valence-corrected chi connectivity index (χ0v) is 15.4. The molecule has 3 rings (SSSR count). The van der Waals surface area contributed by atoms with E-state index in [2.05, 4.69) is 39.7 Å². The molecular weight excluding hydrogens is 332 g/mol. The smallest absolute Gasteiger partial charge is 0.245 e. The SMILES string of the molecule is Cc1ccsc1/C=N\NC(=O)CC[NH+]1CCN(c2ccccc2)CC1. The van der Waals surface area contributed by atoms with E-state index in [0.717, 1.165) is 37.6 Å². The number of amides is 1. The standard InChI is InChI=1S/C19H24N4OS/c1-16-8-14-25-18(16)15-20-21-19(24)7-9-22-10-12-23(13-11-22)17-5-3-2-4-6-17/h2-6,8,14-15H,7,9-13H2,1H3,(H,21,24)/p+1/b20-15-. The molecule has 5 nitrogen and oxygen atoms in total. The van der Waals surface area contributed by atoms with Crippen molar-refractivity contribution in [2.24, 2.45) is 5.10 Å². The Morgan fingerprint density at radius 1 is 1.28 bits per heavy atom. The van der Waals surface area contributed by atoms with Crippen molar-refractivity contribution in [2.75, 3.05) is 37.6 Å². The molecule has 1 saturated heterocycles. The zero-order valence-electron chi connectivity index (χ0n) is 14.6. The molecule has 2 N–H and O–H groups in total. The molecule has 2 aromatic rings. The number of para-hydroxylation sites is 1. The van der Waals surface area contributed by atoms with Gasteiger partial charge in [0.2, 0.25) is 5.91 Å². The van der Waals surface area contributed by atoms with Crippen molar-refractivity contribution >= 4 is 29.1 Å². The monoisotopic (exact) mass is 357 g/mol. The molecule has 0 aliphatic carbocycles. The van der Waals surface area contributed by atoms with E-state index in [9.17, 15) is 4.79 Å². The molecule has 0 spiro atoms. The normalized spacial score (nSPS) is 15.6. The number of carbonyl (C=O) groups is 1. The van der Waals surface area contributed by atoms with Crippen molar-refractivity contribution in [1.82, 2.24) is 5.43 Å². The molecule has 2 heterocycles. The van der Waals surface area contributed by atoms with Crippen molar-refractivity contribution in [1.29, 1.82) is 0 Å². The first-order valence-electron chi connectivity index (χ1n) is 8.72.